The Hall–Kier alpha value is -4.65. The van der Waals surface area contributed by atoms with Crippen LogP contribution >= 0.6 is 0 Å². The van der Waals surface area contributed by atoms with Gasteiger partial charge in [-0.3, -0.25) is 18.5 Å². The molecule has 13 heteroatoms. The zero-order chi connectivity index (χ0) is 28.2. The van der Waals surface area contributed by atoms with Crippen molar-refractivity contribution in [1.82, 2.24) is 33.6 Å². The smallest absolute Gasteiger partial charge is 0.331 e. The van der Waals surface area contributed by atoms with Gasteiger partial charge in [-0.05, 0) is 31.0 Å². The number of halogens is 2. The van der Waals surface area contributed by atoms with E-state index in [9.17, 15) is 23.5 Å². The molecule has 1 unspecified atom stereocenters. The Morgan fingerprint density at radius 2 is 1.90 bits per heavy atom. The van der Waals surface area contributed by atoms with Gasteiger partial charge < -0.3 is 14.7 Å². The lowest BCUT2D eigenvalue weighted by Gasteiger charge is -2.29. The SMILES string of the molecule is O=C(Cn1c(=O)n(C2CCOc3c(F)cccc32)c2nc(-n3cnc4ccc(F)cc43)ncc21)N1CCC(O)CC1. The third kappa shape index (κ3) is 4.24. The van der Waals surface area contributed by atoms with Crippen LogP contribution < -0.4 is 10.4 Å². The second kappa shape index (κ2) is 9.77. The monoisotopic (exact) mass is 561 g/mol. The molecule has 0 spiro atoms. The number of nitrogens with zero attached hydrogens (tertiary/aromatic N) is 7. The Balaban J connectivity index is 1.39. The number of aliphatic hydroxyl groups excluding tert-OH is 1. The van der Waals surface area contributed by atoms with E-state index in [1.165, 1.54) is 44.4 Å². The predicted octanol–water partition coefficient (Wildman–Crippen LogP) is 2.57. The predicted molar refractivity (Wildman–Crippen MR) is 143 cm³/mol. The maximum absolute atomic E-state index is 14.7. The topological polar surface area (TPSA) is 120 Å². The summed E-state index contributed by atoms with van der Waals surface area (Å²) in [6, 6.07) is 8.11. The van der Waals surface area contributed by atoms with E-state index in [2.05, 4.69) is 9.97 Å². The average Bonchev–Trinajstić information content (AvgIpc) is 3.51. The number of imidazole rings is 2. The second-order valence-corrected chi connectivity index (χ2v) is 10.3. The number of carbonyl (C=O) groups is 1. The van der Waals surface area contributed by atoms with E-state index >= 15 is 0 Å². The van der Waals surface area contributed by atoms with Gasteiger partial charge in [0.1, 0.15) is 24.2 Å². The highest BCUT2D eigenvalue weighted by Gasteiger charge is 2.31. The standard InChI is InChI=1S/C28H25F2N7O4/c29-16-4-5-20-22(12-16)36(15-32-20)27-31-13-23-26(33-27)37(21-8-11-41-25-18(21)2-1-3-19(25)30)28(40)35(23)14-24(39)34-9-6-17(38)7-10-34/h1-5,12-13,15,17,21,38H,6-11,14H2. The van der Waals surface area contributed by atoms with Crippen molar-refractivity contribution in [3.05, 3.63) is 76.6 Å². The highest BCUT2D eigenvalue weighted by molar-refractivity contribution is 5.80. The molecule has 1 saturated heterocycles. The van der Waals surface area contributed by atoms with Gasteiger partial charge in [0.15, 0.2) is 17.2 Å². The third-order valence-electron chi connectivity index (χ3n) is 7.83. The van der Waals surface area contributed by atoms with Crippen LogP contribution in [0.15, 0.2) is 53.7 Å². The molecule has 1 fully saturated rings. The van der Waals surface area contributed by atoms with E-state index in [1.54, 1.807) is 23.1 Å². The van der Waals surface area contributed by atoms with Crippen LogP contribution in [0.4, 0.5) is 8.78 Å². The summed E-state index contributed by atoms with van der Waals surface area (Å²) in [6.07, 6.45) is 3.79. The normalized spacial score (nSPS) is 17.6. The summed E-state index contributed by atoms with van der Waals surface area (Å²) in [6.45, 7) is 0.714. The largest absolute Gasteiger partial charge is 0.490 e. The zero-order valence-corrected chi connectivity index (χ0v) is 21.8. The second-order valence-electron chi connectivity index (χ2n) is 10.3. The quantitative estimate of drug-likeness (QED) is 0.358. The highest BCUT2D eigenvalue weighted by Crippen LogP contribution is 2.37. The molecule has 0 saturated carbocycles. The number of fused-ring (bicyclic) bond motifs is 3. The summed E-state index contributed by atoms with van der Waals surface area (Å²) >= 11 is 0. The van der Waals surface area contributed by atoms with E-state index in [0.29, 0.717) is 54.5 Å². The number of ether oxygens (including phenoxy) is 1. The van der Waals surface area contributed by atoms with Crippen molar-refractivity contribution in [3.63, 3.8) is 0 Å². The first-order valence-electron chi connectivity index (χ1n) is 13.4. The fourth-order valence-corrected chi connectivity index (χ4v) is 5.73. The number of benzene rings is 2. The molecule has 210 valence electrons. The van der Waals surface area contributed by atoms with Gasteiger partial charge in [0.05, 0.1) is 36.0 Å². The minimum absolute atomic E-state index is 0.0739. The van der Waals surface area contributed by atoms with E-state index in [1.807, 2.05) is 0 Å². The number of carbonyl (C=O) groups excluding carboxylic acids is 1. The maximum Gasteiger partial charge on any atom is 0.331 e. The van der Waals surface area contributed by atoms with Crippen molar-refractivity contribution in [2.24, 2.45) is 0 Å². The van der Waals surface area contributed by atoms with Gasteiger partial charge in [0.25, 0.3) is 0 Å². The van der Waals surface area contributed by atoms with Gasteiger partial charge >= 0.3 is 5.69 Å². The first-order chi connectivity index (χ1) is 19.9. The Labute approximate surface area is 231 Å². The van der Waals surface area contributed by atoms with Gasteiger partial charge in [-0.1, -0.05) is 12.1 Å². The minimum atomic E-state index is -0.620. The lowest BCUT2D eigenvalue weighted by Crippen LogP contribution is -2.43. The van der Waals surface area contributed by atoms with Crippen molar-refractivity contribution >= 4 is 28.1 Å². The minimum Gasteiger partial charge on any atom is -0.490 e. The summed E-state index contributed by atoms with van der Waals surface area (Å²) in [5.74, 6) is -1.03. The fourth-order valence-electron chi connectivity index (χ4n) is 5.73. The molecule has 7 rings (SSSR count). The van der Waals surface area contributed by atoms with Crippen LogP contribution in [0.3, 0.4) is 0 Å². The molecule has 2 aromatic carbocycles. The van der Waals surface area contributed by atoms with Gasteiger partial charge in [0, 0.05) is 31.1 Å². The van der Waals surface area contributed by atoms with Crippen molar-refractivity contribution in [2.75, 3.05) is 19.7 Å². The zero-order valence-electron chi connectivity index (χ0n) is 21.8. The number of aliphatic hydroxyl groups is 1. The van der Waals surface area contributed by atoms with Crippen molar-refractivity contribution in [1.29, 1.82) is 0 Å². The highest BCUT2D eigenvalue weighted by atomic mass is 19.1. The Morgan fingerprint density at radius 1 is 1.07 bits per heavy atom. The number of likely N-dealkylation sites (tertiary alicyclic amines) is 1. The fraction of sp³-hybridized carbons (Fsp3) is 0.321. The van der Waals surface area contributed by atoms with Crippen molar-refractivity contribution in [2.45, 2.75) is 38.0 Å². The Bertz CT molecular complexity index is 1870. The number of piperidine rings is 1. The first kappa shape index (κ1) is 25.3. The molecule has 3 aromatic heterocycles. The number of hydrogen-bond acceptors (Lipinski definition) is 7. The van der Waals surface area contributed by atoms with Gasteiger partial charge in [0.2, 0.25) is 11.9 Å². The molecule has 5 aromatic rings. The van der Waals surface area contributed by atoms with Gasteiger partial charge in [-0.2, -0.15) is 4.98 Å². The van der Waals surface area contributed by atoms with Crippen molar-refractivity contribution in [3.8, 4) is 11.7 Å². The van der Waals surface area contributed by atoms with Crippen LogP contribution in [0, 0.1) is 11.6 Å². The number of para-hydroxylation sites is 1. The van der Waals surface area contributed by atoms with E-state index in [4.69, 9.17) is 9.72 Å². The van der Waals surface area contributed by atoms with Gasteiger partial charge in [-0.15, -0.1) is 0 Å². The van der Waals surface area contributed by atoms with Crippen LogP contribution in [-0.2, 0) is 11.3 Å². The van der Waals surface area contributed by atoms with E-state index in [-0.39, 0.29) is 36.4 Å². The lowest BCUT2D eigenvalue weighted by atomic mass is 10.00. The first-order valence-corrected chi connectivity index (χ1v) is 13.4. The molecule has 1 amide bonds. The molecule has 5 heterocycles. The van der Waals surface area contributed by atoms with E-state index in [0.717, 1.165) is 0 Å². The molecule has 41 heavy (non-hydrogen) atoms. The molecule has 1 atom stereocenters. The van der Waals surface area contributed by atoms with Crippen LogP contribution in [0.25, 0.3) is 28.1 Å². The van der Waals surface area contributed by atoms with Crippen LogP contribution in [-0.4, -0.2) is 70.4 Å². The summed E-state index contributed by atoms with van der Waals surface area (Å²) in [4.78, 5) is 42.4. The molecule has 0 bridgehead atoms. The van der Waals surface area contributed by atoms with Crippen molar-refractivity contribution < 1.29 is 23.4 Å². The van der Waals surface area contributed by atoms with Crippen LogP contribution in [0.1, 0.15) is 30.9 Å². The lowest BCUT2D eigenvalue weighted by molar-refractivity contribution is -0.133. The number of hydrogen-bond donors (Lipinski definition) is 1. The summed E-state index contributed by atoms with van der Waals surface area (Å²) in [5, 5.41) is 9.84. The molecule has 0 aliphatic carbocycles. The summed E-state index contributed by atoms with van der Waals surface area (Å²) in [5.41, 5.74) is 1.53. The summed E-state index contributed by atoms with van der Waals surface area (Å²) in [7, 11) is 0. The van der Waals surface area contributed by atoms with Gasteiger partial charge in [-0.25, -0.2) is 23.5 Å². The molecular weight excluding hydrogens is 536 g/mol. The Kier molecular flexibility index (Phi) is 6.03. The molecule has 11 nitrogen and oxygen atoms in total. The average molecular weight is 562 g/mol. The third-order valence-corrected chi connectivity index (χ3v) is 7.83. The molecule has 0 radical (unpaired) electrons. The van der Waals surface area contributed by atoms with Crippen LogP contribution in [0.5, 0.6) is 5.75 Å². The number of rotatable bonds is 4. The van der Waals surface area contributed by atoms with E-state index < -0.39 is 29.5 Å². The summed E-state index contributed by atoms with van der Waals surface area (Å²) < 4.78 is 38.6. The molecule has 2 aliphatic heterocycles. The van der Waals surface area contributed by atoms with Crippen LogP contribution in [0.2, 0.25) is 0 Å². The number of amides is 1. The Morgan fingerprint density at radius 3 is 2.73 bits per heavy atom. The molecular formula is C28H25F2N7O4. The number of aromatic nitrogens is 6. The molecule has 2 aliphatic rings. The maximum atomic E-state index is 14.7. The molecule has 1 N–H and O–H groups in total.